The summed E-state index contributed by atoms with van der Waals surface area (Å²) in [4.78, 5) is 13.9. The molecule has 1 heterocycles. The van der Waals surface area contributed by atoms with Crippen LogP contribution in [0.1, 0.15) is 43.7 Å². The minimum atomic E-state index is -0.483. The van der Waals surface area contributed by atoms with E-state index in [0.29, 0.717) is 5.92 Å². The first kappa shape index (κ1) is 16.6. The van der Waals surface area contributed by atoms with Crippen LogP contribution < -0.4 is 0 Å². The second-order valence-corrected chi connectivity index (χ2v) is 6.92. The van der Waals surface area contributed by atoms with Gasteiger partial charge in [-0.2, -0.15) is 5.26 Å². The number of amides is 1. The Morgan fingerprint density at radius 3 is 2.50 bits per heavy atom. The number of carbonyl (C=O) groups is 1. The normalized spacial score (nSPS) is 25.5. The summed E-state index contributed by atoms with van der Waals surface area (Å²) in [7, 11) is 0. The Kier molecular flexibility index (Phi) is 4.60. The molecule has 0 bridgehead atoms. The lowest BCUT2D eigenvalue weighted by atomic mass is 9.75. The summed E-state index contributed by atoms with van der Waals surface area (Å²) in [6.45, 7) is 3.98. The number of benzene rings is 1. The van der Waals surface area contributed by atoms with Crippen LogP contribution >= 0.6 is 0 Å². The van der Waals surface area contributed by atoms with E-state index in [2.05, 4.69) is 17.9 Å². The Morgan fingerprint density at radius 1 is 1.33 bits per heavy atom. The van der Waals surface area contributed by atoms with Crippen molar-refractivity contribution in [2.75, 3.05) is 6.61 Å². The number of nitriles is 1. The zero-order valence-electron chi connectivity index (χ0n) is 14.1. The molecule has 0 unspecified atom stereocenters. The monoisotopic (exact) mass is 322 g/mol. The Morgan fingerprint density at radius 2 is 2.00 bits per heavy atom. The molecular weight excluding hydrogens is 300 g/mol. The molecule has 4 nitrogen and oxygen atoms in total. The molecule has 1 aliphatic heterocycles. The van der Waals surface area contributed by atoms with Crippen molar-refractivity contribution in [2.45, 2.75) is 44.7 Å². The molecule has 1 amide bonds. The molecule has 1 saturated heterocycles. The number of hydrogen-bond donors (Lipinski definition) is 1. The number of rotatable bonds is 3. The number of likely N-dealkylation sites (tertiary alicyclic amines) is 1. The van der Waals surface area contributed by atoms with Crippen molar-refractivity contribution in [2.24, 2.45) is 11.8 Å². The van der Waals surface area contributed by atoms with Gasteiger partial charge >= 0.3 is 0 Å². The summed E-state index contributed by atoms with van der Waals surface area (Å²) < 4.78 is 0. The van der Waals surface area contributed by atoms with Crippen LogP contribution in [-0.2, 0) is 4.79 Å². The third-order valence-corrected chi connectivity index (χ3v) is 4.71. The minimum Gasteiger partial charge on any atom is -0.394 e. The highest BCUT2D eigenvalue weighted by Gasteiger charge is 2.53. The zero-order valence-corrected chi connectivity index (χ0v) is 14.1. The van der Waals surface area contributed by atoms with Crippen LogP contribution in [0.15, 0.2) is 24.3 Å². The van der Waals surface area contributed by atoms with Crippen LogP contribution in [0.25, 0.3) is 0 Å². The molecular formula is C20H22N2O2. The van der Waals surface area contributed by atoms with E-state index in [4.69, 9.17) is 0 Å². The molecule has 24 heavy (non-hydrogen) atoms. The lowest BCUT2D eigenvalue weighted by molar-refractivity contribution is -0.148. The quantitative estimate of drug-likeness (QED) is 0.868. The van der Waals surface area contributed by atoms with Gasteiger partial charge in [-0.05, 0) is 30.5 Å². The van der Waals surface area contributed by atoms with Gasteiger partial charge < -0.3 is 10.0 Å². The van der Waals surface area contributed by atoms with Gasteiger partial charge in [0.05, 0.1) is 18.7 Å². The van der Waals surface area contributed by atoms with E-state index < -0.39 is 6.04 Å². The SMILES string of the molecule is CC(C)C#Cc1ccc([C@H]2[C@@H](C#N)N(C(=O)C3CC3)[C@@H]2CO)cc1. The van der Waals surface area contributed by atoms with Gasteiger partial charge in [0.2, 0.25) is 5.91 Å². The van der Waals surface area contributed by atoms with Gasteiger partial charge in [0.25, 0.3) is 0 Å². The van der Waals surface area contributed by atoms with Gasteiger partial charge in [0, 0.05) is 23.3 Å². The second-order valence-electron chi connectivity index (χ2n) is 6.92. The molecule has 1 aliphatic carbocycles. The highest BCUT2D eigenvalue weighted by atomic mass is 16.3. The van der Waals surface area contributed by atoms with Gasteiger partial charge in [0.15, 0.2) is 0 Å². The summed E-state index contributed by atoms with van der Waals surface area (Å²) in [6.07, 6.45) is 1.80. The van der Waals surface area contributed by atoms with E-state index in [9.17, 15) is 15.2 Å². The molecule has 1 N–H and O–H groups in total. The zero-order chi connectivity index (χ0) is 17.3. The van der Waals surface area contributed by atoms with Gasteiger partial charge in [-0.15, -0.1) is 0 Å². The topological polar surface area (TPSA) is 64.3 Å². The van der Waals surface area contributed by atoms with Crippen molar-refractivity contribution in [3.8, 4) is 17.9 Å². The third kappa shape index (κ3) is 3.03. The Bertz CT molecular complexity index is 717. The molecule has 124 valence electrons. The summed E-state index contributed by atoms with van der Waals surface area (Å²) in [5.41, 5.74) is 1.92. The predicted molar refractivity (Wildman–Crippen MR) is 90.7 cm³/mol. The molecule has 0 spiro atoms. The molecule has 4 heteroatoms. The lowest BCUT2D eigenvalue weighted by Crippen LogP contribution is -2.65. The van der Waals surface area contributed by atoms with Crippen LogP contribution in [-0.4, -0.2) is 34.6 Å². The molecule has 0 radical (unpaired) electrons. The molecule has 1 saturated carbocycles. The van der Waals surface area contributed by atoms with Gasteiger partial charge in [-0.3, -0.25) is 4.79 Å². The van der Waals surface area contributed by atoms with E-state index in [1.165, 1.54) is 0 Å². The number of nitrogens with zero attached hydrogens (tertiary/aromatic N) is 2. The smallest absolute Gasteiger partial charge is 0.227 e. The first-order valence-electron chi connectivity index (χ1n) is 8.51. The molecule has 2 fully saturated rings. The van der Waals surface area contributed by atoms with E-state index in [1.54, 1.807) is 4.90 Å². The van der Waals surface area contributed by atoms with Crippen molar-refractivity contribution in [1.29, 1.82) is 5.26 Å². The molecule has 0 aromatic heterocycles. The number of hydrogen-bond acceptors (Lipinski definition) is 3. The maximum absolute atomic E-state index is 12.4. The van der Waals surface area contributed by atoms with Gasteiger partial charge in [0.1, 0.15) is 6.04 Å². The standard InChI is InChI=1S/C20H22N2O2/c1-13(2)3-4-14-5-7-15(8-6-14)19-17(11-21)22(18(19)12-23)20(24)16-9-10-16/h5-8,13,16-19,23H,9-10,12H2,1-2H3/t17-,18-,19+/m1/s1. The molecule has 1 aromatic rings. The largest absolute Gasteiger partial charge is 0.394 e. The molecule has 1 aromatic carbocycles. The van der Waals surface area contributed by atoms with E-state index in [0.717, 1.165) is 24.0 Å². The van der Waals surface area contributed by atoms with Crippen LogP contribution in [0.3, 0.4) is 0 Å². The fourth-order valence-corrected chi connectivity index (χ4v) is 3.27. The van der Waals surface area contributed by atoms with E-state index in [-0.39, 0.29) is 30.4 Å². The summed E-state index contributed by atoms with van der Waals surface area (Å²) in [5.74, 6) is 6.52. The van der Waals surface area contributed by atoms with Crippen molar-refractivity contribution in [1.82, 2.24) is 4.90 Å². The Balaban J connectivity index is 1.79. The van der Waals surface area contributed by atoms with Crippen LogP contribution in [0.5, 0.6) is 0 Å². The third-order valence-electron chi connectivity index (χ3n) is 4.71. The van der Waals surface area contributed by atoms with Crippen molar-refractivity contribution in [3.63, 3.8) is 0 Å². The minimum absolute atomic E-state index is 0.0243. The Hall–Kier alpha value is -2.30. The maximum atomic E-state index is 12.4. The van der Waals surface area contributed by atoms with Crippen LogP contribution in [0, 0.1) is 35.0 Å². The van der Waals surface area contributed by atoms with Gasteiger partial charge in [-0.25, -0.2) is 0 Å². The fraction of sp³-hybridized carbons (Fsp3) is 0.500. The molecule has 2 aliphatic rings. The maximum Gasteiger partial charge on any atom is 0.227 e. The van der Waals surface area contributed by atoms with Crippen molar-refractivity contribution >= 4 is 5.91 Å². The highest BCUT2D eigenvalue weighted by Crippen LogP contribution is 2.44. The summed E-state index contributed by atoms with van der Waals surface area (Å²) in [6, 6.07) is 9.27. The fourth-order valence-electron chi connectivity index (χ4n) is 3.27. The Labute approximate surface area is 143 Å². The van der Waals surface area contributed by atoms with E-state index in [1.807, 2.05) is 38.1 Å². The molecule has 3 atom stereocenters. The molecule has 3 rings (SSSR count). The van der Waals surface area contributed by atoms with Gasteiger partial charge in [-0.1, -0.05) is 37.8 Å². The average molecular weight is 322 g/mol. The number of aliphatic hydroxyl groups is 1. The van der Waals surface area contributed by atoms with Crippen LogP contribution in [0.2, 0.25) is 0 Å². The average Bonchev–Trinajstić information content (AvgIpc) is 3.38. The first-order chi connectivity index (χ1) is 11.6. The predicted octanol–water partition coefficient (Wildman–Crippen LogP) is 2.28. The lowest BCUT2D eigenvalue weighted by Gasteiger charge is -2.51. The summed E-state index contributed by atoms with van der Waals surface area (Å²) >= 11 is 0. The highest BCUT2D eigenvalue weighted by molar-refractivity contribution is 5.83. The van der Waals surface area contributed by atoms with E-state index >= 15 is 0 Å². The second kappa shape index (κ2) is 6.67. The summed E-state index contributed by atoms with van der Waals surface area (Å²) in [5, 5.41) is 19.2. The first-order valence-corrected chi connectivity index (χ1v) is 8.51. The number of aliphatic hydroxyl groups excluding tert-OH is 1. The van der Waals surface area contributed by atoms with Crippen molar-refractivity contribution < 1.29 is 9.90 Å². The van der Waals surface area contributed by atoms with Crippen molar-refractivity contribution in [3.05, 3.63) is 35.4 Å². The van der Waals surface area contributed by atoms with Crippen LogP contribution in [0.4, 0.5) is 0 Å². The number of carbonyl (C=O) groups excluding carboxylic acids is 1.